The van der Waals surface area contributed by atoms with Gasteiger partial charge in [0.2, 0.25) is 0 Å². The minimum Gasteiger partial charge on any atom is -0.387 e. The summed E-state index contributed by atoms with van der Waals surface area (Å²) in [7, 11) is 0. The van der Waals surface area contributed by atoms with E-state index in [2.05, 4.69) is 12.0 Å². The van der Waals surface area contributed by atoms with Crippen LogP contribution in [0.25, 0.3) is 0 Å². The van der Waals surface area contributed by atoms with Gasteiger partial charge in [0.1, 0.15) is 0 Å². The highest BCUT2D eigenvalue weighted by atomic mass is 16.3. The topological polar surface area (TPSA) is 38.0 Å². The van der Waals surface area contributed by atoms with Crippen molar-refractivity contribution < 1.29 is 5.11 Å². The number of aliphatic hydroxyl groups excluding tert-OH is 1. The van der Waals surface area contributed by atoms with Crippen LogP contribution in [0, 0.1) is 0 Å². The van der Waals surface area contributed by atoms with Crippen LogP contribution < -0.4 is 0 Å². The first-order valence-electron chi connectivity index (χ1n) is 4.49. The van der Waals surface area contributed by atoms with Crippen molar-refractivity contribution in [3.8, 4) is 0 Å². The average Bonchev–Trinajstić information content (AvgIpc) is 2.52. The summed E-state index contributed by atoms with van der Waals surface area (Å²) in [5, 5.41) is 13.7. The number of hydrogen-bond donors (Lipinski definition) is 1. The molecule has 1 aromatic rings. The molecule has 3 heteroatoms. The molecule has 12 heavy (non-hydrogen) atoms. The van der Waals surface area contributed by atoms with Gasteiger partial charge >= 0.3 is 0 Å². The van der Waals surface area contributed by atoms with Gasteiger partial charge in [-0.2, -0.15) is 5.10 Å². The van der Waals surface area contributed by atoms with Gasteiger partial charge in [0.25, 0.3) is 0 Å². The molecule has 1 unspecified atom stereocenters. The van der Waals surface area contributed by atoms with Crippen LogP contribution in [0.3, 0.4) is 0 Å². The summed E-state index contributed by atoms with van der Waals surface area (Å²) in [6.07, 6.45) is 3.17. The van der Waals surface area contributed by atoms with Gasteiger partial charge in [0, 0.05) is 12.7 Å². The quantitative estimate of drug-likeness (QED) is 0.743. The minimum absolute atomic E-state index is 0.362. The van der Waals surface area contributed by atoms with Gasteiger partial charge in [-0.3, -0.25) is 4.68 Å². The Morgan fingerprint density at radius 3 is 2.92 bits per heavy atom. The monoisotopic (exact) mass is 168 g/mol. The van der Waals surface area contributed by atoms with E-state index in [1.54, 1.807) is 6.20 Å². The molecule has 1 heterocycles. The molecule has 0 radical (unpaired) electrons. The van der Waals surface area contributed by atoms with Crippen LogP contribution in [-0.4, -0.2) is 14.9 Å². The summed E-state index contributed by atoms with van der Waals surface area (Å²) >= 11 is 0. The van der Waals surface area contributed by atoms with E-state index < -0.39 is 0 Å². The van der Waals surface area contributed by atoms with Crippen molar-refractivity contribution in [3.05, 3.63) is 18.0 Å². The van der Waals surface area contributed by atoms with Gasteiger partial charge in [0.05, 0.1) is 11.8 Å². The lowest BCUT2D eigenvalue weighted by Gasteiger charge is -2.10. The fourth-order valence-electron chi connectivity index (χ4n) is 1.23. The third kappa shape index (κ3) is 1.85. The van der Waals surface area contributed by atoms with Gasteiger partial charge in [-0.15, -0.1) is 0 Å². The standard InChI is InChI=1S/C9H16N2O/c1-3-7-11-8(5-6-10-11)9(12)4-2/h5-6,9,12H,3-4,7H2,1-2H3. The second-order valence-electron chi connectivity index (χ2n) is 2.90. The normalized spacial score (nSPS) is 13.2. The zero-order valence-electron chi connectivity index (χ0n) is 7.70. The lowest BCUT2D eigenvalue weighted by Crippen LogP contribution is -2.08. The largest absolute Gasteiger partial charge is 0.387 e. The zero-order chi connectivity index (χ0) is 8.97. The van der Waals surface area contributed by atoms with Crippen LogP contribution in [0.5, 0.6) is 0 Å². The first-order chi connectivity index (χ1) is 5.79. The Balaban J connectivity index is 2.76. The predicted molar refractivity (Wildman–Crippen MR) is 47.8 cm³/mol. The molecule has 0 aliphatic rings. The summed E-state index contributed by atoms with van der Waals surface area (Å²) in [6.45, 7) is 4.96. The first-order valence-corrected chi connectivity index (χ1v) is 4.49. The minimum atomic E-state index is -0.362. The number of aliphatic hydroxyl groups is 1. The smallest absolute Gasteiger partial charge is 0.0954 e. The molecular formula is C9H16N2O. The van der Waals surface area contributed by atoms with E-state index in [0.717, 1.165) is 25.1 Å². The third-order valence-corrected chi connectivity index (χ3v) is 1.91. The number of hydrogen-bond acceptors (Lipinski definition) is 2. The number of nitrogens with zero attached hydrogens (tertiary/aromatic N) is 2. The van der Waals surface area contributed by atoms with E-state index in [-0.39, 0.29) is 6.10 Å². The number of rotatable bonds is 4. The fourth-order valence-corrected chi connectivity index (χ4v) is 1.23. The van der Waals surface area contributed by atoms with Crippen LogP contribution in [0.2, 0.25) is 0 Å². The van der Waals surface area contributed by atoms with Gasteiger partial charge < -0.3 is 5.11 Å². The van der Waals surface area contributed by atoms with Gasteiger partial charge in [0.15, 0.2) is 0 Å². The van der Waals surface area contributed by atoms with E-state index in [1.165, 1.54) is 0 Å². The maximum Gasteiger partial charge on any atom is 0.0954 e. The molecule has 0 saturated heterocycles. The Bertz CT molecular complexity index is 232. The van der Waals surface area contributed by atoms with Crippen molar-refractivity contribution in [2.75, 3.05) is 0 Å². The lowest BCUT2D eigenvalue weighted by atomic mass is 10.2. The highest BCUT2D eigenvalue weighted by Crippen LogP contribution is 2.15. The van der Waals surface area contributed by atoms with E-state index in [0.29, 0.717) is 0 Å². The van der Waals surface area contributed by atoms with Crippen molar-refractivity contribution in [1.29, 1.82) is 0 Å². The maximum atomic E-state index is 9.56. The van der Waals surface area contributed by atoms with Crippen LogP contribution in [-0.2, 0) is 6.54 Å². The Kier molecular flexibility index (Phi) is 3.29. The Labute approximate surface area is 73.0 Å². The SMILES string of the molecule is CCCn1nccc1C(O)CC. The van der Waals surface area contributed by atoms with Gasteiger partial charge in [-0.25, -0.2) is 0 Å². The van der Waals surface area contributed by atoms with Crippen molar-refractivity contribution in [1.82, 2.24) is 9.78 Å². The highest BCUT2D eigenvalue weighted by molar-refractivity contribution is 5.03. The molecule has 0 saturated carbocycles. The van der Waals surface area contributed by atoms with Gasteiger partial charge in [-0.05, 0) is 18.9 Å². The summed E-state index contributed by atoms with van der Waals surface area (Å²) in [4.78, 5) is 0. The molecule has 1 N–H and O–H groups in total. The van der Waals surface area contributed by atoms with E-state index >= 15 is 0 Å². The Hall–Kier alpha value is -0.830. The molecule has 0 fully saturated rings. The van der Waals surface area contributed by atoms with E-state index in [1.807, 2.05) is 17.7 Å². The second kappa shape index (κ2) is 4.26. The molecule has 0 aliphatic carbocycles. The molecule has 1 rings (SSSR count). The molecule has 3 nitrogen and oxygen atoms in total. The second-order valence-corrected chi connectivity index (χ2v) is 2.90. The number of aromatic nitrogens is 2. The Morgan fingerprint density at radius 2 is 2.33 bits per heavy atom. The predicted octanol–water partition coefficient (Wildman–Crippen LogP) is 1.74. The molecular weight excluding hydrogens is 152 g/mol. The average molecular weight is 168 g/mol. The zero-order valence-corrected chi connectivity index (χ0v) is 7.70. The molecule has 0 aliphatic heterocycles. The van der Waals surface area contributed by atoms with Gasteiger partial charge in [-0.1, -0.05) is 13.8 Å². The first kappa shape index (κ1) is 9.26. The summed E-state index contributed by atoms with van der Waals surface area (Å²) in [6, 6.07) is 1.88. The molecule has 0 amide bonds. The fraction of sp³-hybridized carbons (Fsp3) is 0.667. The van der Waals surface area contributed by atoms with Crippen LogP contribution in [0.1, 0.15) is 38.5 Å². The highest BCUT2D eigenvalue weighted by Gasteiger charge is 2.09. The lowest BCUT2D eigenvalue weighted by molar-refractivity contribution is 0.162. The van der Waals surface area contributed by atoms with Crippen molar-refractivity contribution in [2.45, 2.75) is 39.3 Å². The molecule has 0 bridgehead atoms. The van der Waals surface area contributed by atoms with Crippen molar-refractivity contribution in [2.24, 2.45) is 0 Å². The third-order valence-electron chi connectivity index (χ3n) is 1.91. The molecule has 0 aromatic carbocycles. The van der Waals surface area contributed by atoms with Crippen LogP contribution in [0.4, 0.5) is 0 Å². The molecule has 68 valence electrons. The van der Waals surface area contributed by atoms with Crippen LogP contribution in [0.15, 0.2) is 12.3 Å². The van der Waals surface area contributed by atoms with E-state index in [4.69, 9.17) is 0 Å². The Morgan fingerprint density at radius 1 is 1.58 bits per heavy atom. The molecule has 1 aromatic heterocycles. The number of aryl methyl sites for hydroxylation is 1. The van der Waals surface area contributed by atoms with Crippen molar-refractivity contribution >= 4 is 0 Å². The van der Waals surface area contributed by atoms with E-state index in [9.17, 15) is 5.11 Å². The summed E-state index contributed by atoms with van der Waals surface area (Å²) < 4.78 is 1.87. The maximum absolute atomic E-state index is 9.56. The van der Waals surface area contributed by atoms with Crippen molar-refractivity contribution in [3.63, 3.8) is 0 Å². The summed E-state index contributed by atoms with van der Waals surface area (Å²) in [5.74, 6) is 0. The summed E-state index contributed by atoms with van der Waals surface area (Å²) in [5.41, 5.74) is 0.930. The molecule has 1 atom stereocenters. The van der Waals surface area contributed by atoms with Crippen LogP contribution >= 0.6 is 0 Å². The molecule has 0 spiro atoms.